The summed E-state index contributed by atoms with van der Waals surface area (Å²) in [6.45, 7) is 2.75. The number of hydrogen-bond acceptors (Lipinski definition) is 2. The van der Waals surface area contributed by atoms with E-state index in [0.29, 0.717) is 0 Å². The number of nitrogens with one attached hydrogen (secondary N) is 2. The van der Waals surface area contributed by atoms with Crippen molar-refractivity contribution in [1.29, 1.82) is 0 Å². The van der Waals surface area contributed by atoms with Crippen molar-refractivity contribution in [3.05, 3.63) is 21.8 Å². The van der Waals surface area contributed by atoms with Gasteiger partial charge < -0.3 is 10.6 Å². The van der Waals surface area contributed by atoms with Gasteiger partial charge in [-0.1, -0.05) is 6.92 Å². The molecule has 0 bridgehead atoms. The predicted octanol–water partition coefficient (Wildman–Crippen LogP) is 2.68. The van der Waals surface area contributed by atoms with Crippen LogP contribution in [0.2, 0.25) is 0 Å². The quantitative estimate of drug-likeness (QED) is 0.782. The minimum atomic E-state index is 0.0649. The van der Waals surface area contributed by atoms with Crippen LogP contribution in [0, 0.1) is 9.49 Å². The monoisotopic (exact) mass is 316 g/mol. The van der Waals surface area contributed by atoms with Gasteiger partial charge in [0.05, 0.1) is 17.3 Å². The summed E-state index contributed by atoms with van der Waals surface area (Å²) < 4.78 is 1.13. The number of benzene rings is 1. The van der Waals surface area contributed by atoms with E-state index in [1.807, 2.05) is 25.1 Å². The van der Waals surface area contributed by atoms with Gasteiger partial charge in [0, 0.05) is 10.1 Å². The molecule has 1 aliphatic heterocycles. The van der Waals surface area contributed by atoms with Crippen molar-refractivity contribution in [2.45, 2.75) is 13.3 Å². The van der Waals surface area contributed by atoms with E-state index in [2.05, 4.69) is 33.2 Å². The van der Waals surface area contributed by atoms with E-state index < -0.39 is 0 Å². The second-order valence-electron chi connectivity index (χ2n) is 3.67. The summed E-state index contributed by atoms with van der Waals surface area (Å²) in [5.41, 5.74) is 1.91. The Morgan fingerprint density at radius 2 is 2.27 bits per heavy atom. The molecule has 0 aliphatic carbocycles. The van der Waals surface area contributed by atoms with Gasteiger partial charge in [0.1, 0.15) is 0 Å². The summed E-state index contributed by atoms with van der Waals surface area (Å²) in [6.07, 6.45) is 0.865. The minimum Gasteiger partial charge on any atom is -0.383 e. The minimum absolute atomic E-state index is 0.0649. The summed E-state index contributed by atoms with van der Waals surface area (Å²) in [5.74, 6) is 0.181. The van der Waals surface area contributed by atoms with Gasteiger partial charge >= 0.3 is 0 Å². The Hall–Kier alpha value is -0.780. The van der Waals surface area contributed by atoms with Crippen LogP contribution in [-0.4, -0.2) is 12.5 Å². The van der Waals surface area contributed by atoms with Gasteiger partial charge in [0.2, 0.25) is 5.91 Å². The van der Waals surface area contributed by atoms with Gasteiger partial charge in [-0.25, -0.2) is 0 Å². The number of halogens is 1. The highest BCUT2D eigenvalue weighted by Gasteiger charge is 2.21. The highest BCUT2D eigenvalue weighted by molar-refractivity contribution is 14.1. The zero-order valence-electron chi connectivity index (χ0n) is 8.51. The maximum absolute atomic E-state index is 11.8. The first-order valence-corrected chi connectivity index (χ1v) is 6.13. The topological polar surface area (TPSA) is 41.1 Å². The SMILES string of the molecule is CCC1CNc2ccc(I)cc2NC1=O. The molecule has 0 spiro atoms. The fourth-order valence-electron chi connectivity index (χ4n) is 1.66. The summed E-state index contributed by atoms with van der Waals surface area (Å²) in [4.78, 5) is 11.8. The molecule has 1 amide bonds. The van der Waals surface area contributed by atoms with E-state index in [-0.39, 0.29) is 11.8 Å². The molecule has 0 saturated heterocycles. The van der Waals surface area contributed by atoms with Crippen LogP contribution in [0.4, 0.5) is 11.4 Å². The largest absolute Gasteiger partial charge is 0.383 e. The first-order chi connectivity index (χ1) is 7.20. The van der Waals surface area contributed by atoms with Crippen LogP contribution in [0.15, 0.2) is 18.2 Å². The van der Waals surface area contributed by atoms with Crippen molar-refractivity contribution in [3.8, 4) is 0 Å². The third-order valence-electron chi connectivity index (χ3n) is 2.64. The Labute approximate surface area is 103 Å². The molecule has 0 fully saturated rings. The third kappa shape index (κ3) is 2.25. The number of fused-ring (bicyclic) bond motifs is 1. The van der Waals surface area contributed by atoms with Crippen molar-refractivity contribution >= 4 is 39.9 Å². The van der Waals surface area contributed by atoms with Crippen molar-refractivity contribution < 1.29 is 4.79 Å². The predicted molar refractivity (Wildman–Crippen MR) is 70.1 cm³/mol. The second kappa shape index (κ2) is 4.38. The van der Waals surface area contributed by atoms with E-state index in [9.17, 15) is 4.79 Å². The van der Waals surface area contributed by atoms with Crippen molar-refractivity contribution in [2.24, 2.45) is 5.92 Å². The number of anilines is 2. The van der Waals surface area contributed by atoms with E-state index in [1.165, 1.54) is 0 Å². The van der Waals surface area contributed by atoms with Crippen LogP contribution in [0.5, 0.6) is 0 Å². The Bertz CT molecular complexity index is 392. The second-order valence-corrected chi connectivity index (χ2v) is 4.91. The zero-order chi connectivity index (χ0) is 10.8. The number of rotatable bonds is 1. The molecular weight excluding hydrogens is 303 g/mol. The molecule has 15 heavy (non-hydrogen) atoms. The van der Waals surface area contributed by atoms with Gasteiger partial charge in [0.25, 0.3) is 0 Å². The first-order valence-electron chi connectivity index (χ1n) is 5.05. The van der Waals surface area contributed by atoms with Gasteiger partial charge in [-0.3, -0.25) is 4.79 Å². The molecule has 80 valence electrons. The molecule has 3 nitrogen and oxygen atoms in total. The Morgan fingerprint density at radius 1 is 1.47 bits per heavy atom. The van der Waals surface area contributed by atoms with E-state index in [4.69, 9.17) is 0 Å². The maximum Gasteiger partial charge on any atom is 0.229 e. The molecule has 1 heterocycles. The highest BCUT2D eigenvalue weighted by atomic mass is 127. The average Bonchev–Trinajstić information content (AvgIpc) is 2.35. The summed E-state index contributed by atoms with van der Waals surface area (Å²) in [7, 11) is 0. The molecule has 1 aliphatic rings. The van der Waals surface area contributed by atoms with Crippen LogP contribution >= 0.6 is 22.6 Å². The Kier molecular flexibility index (Phi) is 3.14. The summed E-state index contributed by atoms with van der Waals surface area (Å²) in [6, 6.07) is 6.03. The molecule has 4 heteroatoms. The Morgan fingerprint density at radius 3 is 3.00 bits per heavy atom. The molecule has 1 aromatic carbocycles. The maximum atomic E-state index is 11.8. The molecule has 0 aromatic heterocycles. The molecule has 1 atom stereocenters. The molecule has 0 saturated carbocycles. The van der Waals surface area contributed by atoms with E-state index in [1.54, 1.807) is 0 Å². The van der Waals surface area contributed by atoms with Gasteiger partial charge in [-0.2, -0.15) is 0 Å². The van der Waals surface area contributed by atoms with Gasteiger partial charge in [-0.15, -0.1) is 0 Å². The standard InChI is InChI=1S/C11H13IN2O/c1-2-7-6-13-9-4-3-8(12)5-10(9)14-11(7)15/h3-5,7,13H,2,6H2,1H3,(H,14,15). The molecular formula is C11H13IN2O. The van der Waals surface area contributed by atoms with Crippen molar-refractivity contribution in [3.63, 3.8) is 0 Å². The lowest BCUT2D eigenvalue weighted by atomic mass is 10.1. The van der Waals surface area contributed by atoms with Crippen LogP contribution in [0.25, 0.3) is 0 Å². The fraction of sp³-hybridized carbons (Fsp3) is 0.364. The molecule has 0 radical (unpaired) electrons. The molecule has 2 N–H and O–H groups in total. The van der Waals surface area contributed by atoms with E-state index >= 15 is 0 Å². The molecule has 1 aromatic rings. The van der Waals surface area contributed by atoms with Crippen molar-refractivity contribution in [2.75, 3.05) is 17.2 Å². The van der Waals surface area contributed by atoms with Gasteiger partial charge in [-0.05, 0) is 47.2 Å². The van der Waals surface area contributed by atoms with Gasteiger partial charge in [0.15, 0.2) is 0 Å². The third-order valence-corrected chi connectivity index (χ3v) is 3.31. The highest BCUT2D eigenvalue weighted by Crippen LogP contribution is 2.27. The normalized spacial score (nSPS) is 19.9. The average molecular weight is 316 g/mol. The smallest absolute Gasteiger partial charge is 0.229 e. The summed E-state index contributed by atoms with van der Waals surface area (Å²) in [5, 5.41) is 6.26. The summed E-state index contributed by atoms with van der Waals surface area (Å²) >= 11 is 2.24. The first kappa shape index (κ1) is 10.7. The lowest BCUT2D eigenvalue weighted by Crippen LogP contribution is -2.24. The van der Waals surface area contributed by atoms with E-state index in [0.717, 1.165) is 27.9 Å². The Balaban J connectivity index is 2.31. The van der Waals surface area contributed by atoms with Crippen LogP contribution in [0.3, 0.4) is 0 Å². The lowest BCUT2D eigenvalue weighted by Gasteiger charge is -2.09. The van der Waals surface area contributed by atoms with Crippen LogP contribution < -0.4 is 10.6 Å². The number of hydrogen-bond donors (Lipinski definition) is 2. The fourth-order valence-corrected chi connectivity index (χ4v) is 2.16. The van der Waals surface area contributed by atoms with Crippen LogP contribution in [-0.2, 0) is 4.79 Å². The lowest BCUT2D eigenvalue weighted by molar-refractivity contribution is -0.119. The van der Waals surface area contributed by atoms with Crippen molar-refractivity contribution in [1.82, 2.24) is 0 Å². The van der Waals surface area contributed by atoms with Crippen LogP contribution in [0.1, 0.15) is 13.3 Å². The zero-order valence-corrected chi connectivity index (χ0v) is 10.7. The molecule has 2 rings (SSSR count). The number of carbonyl (C=O) groups is 1. The number of carbonyl (C=O) groups excluding carboxylic acids is 1. The number of amides is 1. The molecule has 1 unspecified atom stereocenters.